The molecule has 9 aliphatic rings. The number of carboxylic acids is 1. The summed E-state index contributed by atoms with van der Waals surface area (Å²) in [4.78, 5) is 41.4. The van der Waals surface area contributed by atoms with Crippen LogP contribution >= 0.6 is 0 Å². The number of rotatable bonds is 11. The van der Waals surface area contributed by atoms with Crippen LogP contribution in [-0.2, 0) is 57.0 Å². The van der Waals surface area contributed by atoms with Gasteiger partial charge < -0.3 is 109 Å². The fraction of sp³-hybridized carbons (Fsp3) is 0.907. The first kappa shape index (κ1) is 61.0. The van der Waals surface area contributed by atoms with Crippen molar-refractivity contribution >= 4 is 17.9 Å². The van der Waals surface area contributed by atoms with Gasteiger partial charge in [0.1, 0.15) is 78.7 Å². The topological polar surface area (TPSA) is 397 Å². The van der Waals surface area contributed by atoms with Gasteiger partial charge in [-0.15, -0.1) is 0 Å². The minimum atomic E-state index is -1.92. The van der Waals surface area contributed by atoms with Crippen molar-refractivity contribution in [1.82, 2.24) is 0 Å². The number of carbonyl (C=O) groups excluding carboxylic acids is 2. The fourth-order valence-electron chi connectivity index (χ4n) is 16.4. The first-order valence-electron chi connectivity index (χ1n) is 27.7. The van der Waals surface area contributed by atoms with Crippen molar-refractivity contribution in [2.45, 2.75) is 236 Å². The zero-order chi connectivity index (χ0) is 58.0. The average molecular weight is 1130 g/mol. The number of hydrogen-bond acceptors (Lipinski definition) is 24. The van der Waals surface area contributed by atoms with Gasteiger partial charge in [-0.25, -0.2) is 0 Å². The van der Waals surface area contributed by atoms with Crippen molar-refractivity contribution in [3.05, 3.63) is 11.6 Å². The molecule has 29 atom stereocenters. The first-order chi connectivity index (χ1) is 36.8. The van der Waals surface area contributed by atoms with Gasteiger partial charge in [0, 0.05) is 6.92 Å². The lowest BCUT2D eigenvalue weighted by atomic mass is 9.33. The van der Waals surface area contributed by atoms with Gasteiger partial charge in [0.2, 0.25) is 6.29 Å². The molecule has 0 amide bonds. The highest BCUT2D eigenvalue weighted by atomic mass is 16.8. The van der Waals surface area contributed by atoms with E-state index >= 15 is 4.79 Å². The Labute approximate surface area is 457 Å². The van der Waals surface area contributed by atoms with E-state index < -0.39 is 206 Å². The Bertz CT molecular complexity index is 2290. The first-order valence-corrected chi connectivity index (χ1v) is 27.7. The Morgan fingerprint density at radius 3 is 1.90 bits per heavy atom. The quantitative estimate of drug-likeness (QED) is 0.0596. The van der Waals surface area contributed by atoms with Crippen LogP contribution in [0.1, 0.15) is 107 Å². The van der Waals surface area contributed by atoms with Crippen LogP contribution < -0.4 is 0 Å². The van der Waals surface area contributed by atoms with E-state index in [9.17, 15) is 76.0 Å². The summed E-state index contributed by atoms with van der Waals surface area (Å²) < 4.78 is 52.9. The summed E-state index contributed by atoms with van der Waals surface area (Å²) in [6.07, 6.45) is -29.6. The summed E-state index contributed by atoms with van der Waals surface area (Å²) in [6.45, 7) is 12.7. The molecule has 0 bridgehead atoms. The third-order valence-corrected chi connectivity index (χ3v) is 21.0. The van der Waals surface area contributed by atoms with Gasteiger partial charge in [-0.1, -0.05) is 46.3 Å². The van der Waals surface area contributed by atoms with Crippen LogP contribution in [0.4, 0.5) is 0 Å². The molecule has 13 N–H and O–H groups in total. The monoisotopic (exact) mass is 1130 g/mol. The number of allylic oxidation sites excluding steroid dienone is 2. The zero-order valence-corrected chi connectivity index (χ0v) is 45.9. The van der Waals surface area contributed by atoms with Crippen LogP contribution in [-0.4, -0.2) is 233 Å². The molecule has 4 aliphatic heterocycles. The van der Waals surface area contributed by atoms with E-state index in [0.29, 0.717) is 32.1 Å². The summed E-state index contributed by atoms with van der Waals surface area (Å²) in [5.41, 5.74) is -5.20. The molecule has 9 rings (SSSR count). The molecule has 25 heteroatoms. The molecule has 0 unspecified atom stereocenters. The lowest BCUT2D eigenvalue weighted by molar-refractivity contribution is -0.371. The van der Waals surface area contributed by atoms with Gasteiger partial charge in [-0.3, -0.25) is 14.4 Å². The zero-order valence-electron chi connectivity index (χ0n) is 45.9. The Kier molecular flexibility index (Phi) is 16.8. The molecule has 0 radical (unpaired) electrons. The minimum absolute atomic E-state index is 0.0537. The van der Waals surface area contributed by atoms with Crippen molar-refractivity contribution in [3.63, 3.8) is 0 Å². The number of ether oxygens (including phenoxy) is 9. The van der Waals surface area contributed by atoms with E-state index in [2.05, 4.69) is 33.8 Å². The molecule has 0 aromatic carbocycles. The molecule has 450 valence electrons. The van der Waals surface area contributed by atoms with Crippen LogP contribution in [0.3, 0.4) is 0 Å². The van der Waals surface area contributed by atoms with Crippen LogP contribution in [0, 0.1) is 50.2 Å². The summed E-state index contributed by atoms with van der Waals surface area (Å²) >= 11 is 0. The maximum atomic E-state index is 15.4. The number of carboxylic acid groups (broad SMARTS) is 1. The molecule has 8 fully saturated rings. The van der Waals surface area contributed by atoms with Gasteiger partial charge >= 0.3 is 17.9 Å². The Balaban J connectivity index is 0.992. The number of aliphatic hydroxyl groups is 12. The number of hydrogen-bond donors (Lipinski definition) is 13. The van der Waals surface area contributed by atoms with Gasteiger partial charge in [-0.05, 0) is 105 Å². The molecule has 0 aromatic rings. The van der Waals surface area contributed by atoms with Crippen LogP contribution in [0.2, 0.25) is 0 Å². The van der Waals surface area contributed by atoms with Crippen LogP contribution in [0.15, 0.2) is 11.6 Å². The largest absolute Gasteiger partial charge is 0.481 e. The molecule has 5 aliphatic carbocycles. The second-order valence-corrected chi connectivity index (χ2v) is 26.0. The number of aliphatic carboxylic acids is 1. The molecule has 0 aromatic heterocycles. The van der Waals surface area contributed by atoms with Gasteiger partial charge in [0.15, 0.2) is 31.1 Å². The average Bonchev–Trinajstić information content (AvgIpc) is 2.15. The molecular formula is C54H84O25. The van der Waals surface area contributed by atoms with Crippen LogP contribution in [0.5, 0.6) is 0 Å². The van der Waals surface area contributed by atoms with Crippen molar-refractivity contribution < 1.29 is 123 Å². The normalized spacial score (nSPS) is 53.4. The molecule has 4 saturated heterocycles. The summed E-state index contributed by atoms with van der Waals surface area (Å²) in [5, 5.41) is 143. The Hall–Kier alpha value is -2.61. The number of esters is 2. The Morgan fingerprint density at radius 1 is 0.633 bits per heavy atom. The molecule has 0 spiro atoms. The standard InChI is InChI=1S/C54H84O25/c1-21-39(74-22(2)56)40(76-43-36(65)32(61)26(58)19-71-43)38(67)45(73-21)77-41-33(62)27(59)20-72-46(41)79-48(70)54-14-13-49(3,4)15-24(54)23-9-10-29-50(5)16-25(57)42(78-44-37(66)35(64)34(63)28(18-55)75-44)53(8,47(68)69)30(50)11-12-51(29,6)52(23,7)17-31(54)60/h9,21,24-46,55,57-67H,10-20H2,1-8H3,(H,68,69)/t21-,24-,25-,26-,27-,28+,29+,30+,31+,32-,33-,34+,35-,36+,37+,38+,39-,40-,41-,42-,43-,44-,45-,46+,50+,51+,52+,53-,54+/m0/s1. The highest BCUT2D eigenvalue weighted by Crippen LogP contribution is 2.76. The molecule has 79 heavy (non-hydrogen) atoms. The molecular weight excluding hydrogens is 1050 g/mol. The maximum absolute atomic E-state index is 15.4. The summed E-state index contributed by atoms with van der Waals surface area (Å²) in [7, 11) is 0. The van der Waals surface area contributed by atoms with E-state index in [1.807, 2.05) is 6.92 Å². The molecule has 4 saturated carbocycles. The van der Waals surface area contributed by atoms with Crippen molar-refractivity contribution in [2.75, 3.05) is 19.8 Å². The fourth-order valence-corrected chi connectivity index (χ4v) is 16.4. The second kappa shape index (κ2) is 21.8. The highest BCUT2D eigenvalue weighted by molar-refractivity contribution is 5.80. The van der Waals surface area contributed by atoms with Gasteiger partial charge in [-0.2, -0.15) is 0 Å². The van der Waals surface area contributed by atoms with E-state index in [1.54, 1.807) is 0 Å². The number of aliphatic hydroxyl groups excluding tert-OH is 12. The highest BCUT2D eigenvalue weighted by Gasteiger charge is 2.74. The van der Waals surface area contributed by atoms with Crippen molar-refractivity contribution in [1.29, 1.82) is 0 Å². The minimum Gasteiger partial charge on any atom is -0.481 e. The smallest absolute Gasteiger partial charge is 0.317 e. The second-order valence-electron chi connectivity index (χ2n) is 26.0. The molecule has 25 nitrogen and oxygen atoms in total. The lowest BCUT2D eigenvalue weighted by Gasteiger charge is -2.71. The predicted octanol–water partition coefficient (Wildman–Crippen LogP) is -2.15. The Morgan fingerprint density at radius 2 is 1.25 bits per heavy atom. The predicted molar refractivity (Wildman–Crippen MR) is 264 cm³/mol. The molecule has 4 heterocycles. The number of carbonyl (C=O) groups is 3. The van der Waals surface area contributed by atoms with E-state index in [4.69, 9.17) is 42.6 Å². The SMILES string of the molecule is CC(=O)O[C@@H]1[C@@H](O[C@@H]2OC[C@H](O)[C@H](O)[C@H]2O)[C@@H](O)[C@H](O[C@@H]2[C@@H](OC(=O)[C@]34CCC(C)(C)C[C@H]3C3=CC[C@@H]5[C@@]6(C)C[C@H](O)[C@H](O[C@@H]7O[C@H](CO)[C@@H](O)[C@H](O)[C@H]7O)[C@@](C)(C(=O)O)[C@@H]6CC[C@@]5(C)[C@]3(C)C[C@H]4O)OC[C@H](O)[C@@H]2O)O[C@H]1C. The van der Waals surface area contributed by atoms with Gasteiger partial charge in [0.25, 0.3) is 0 Å². The van der Waals surface area contributed by atoms with E-state index in [0.717, 1.165) is 12.5 Å². The van der Waals surface area contributed by atoms with Crippen molar-refractivity contribution in [2.24, 2.45) is 50.2 Å². The summed E-state index contributed by atoms with van der Waals surface area (Å²) in [5.74, 6) is -4.50. The van der Waals surface area contributed by atoms with Crippen LogP contribution in [0.25, 0.3) is 0 Å². The van der Waals surface area contributed by atoms with Gasteiger partial charge in [0.05, 0.1) is 43.5 Å². The maximum Gasteiger partial charge on any atom is 0.317 e. The third kappa shape index (κ3) is 9.82. The van der Waals surface area contributed by atoms with E-state index in [-0.39, 0.29) is 30.6 Å². The number of fused-ring (bicyclic) bond motifs is 7. The summed E-state index contributed by atoms with van der Waals surface area (Å²) in [6, 6.07) is 0. The van der Waals surface area contributed by atoms with E-state index in [1.165, 1.54) is 13.8 Å². The lowest BCUT2D eigenvalue weighted by Crippen LogP contribution is -2.71. The third-order valence-electron chi connectivity index (χ3n) is 21.0. The van der Waals surface area contributed by atoms with Crippen molar-refractivity contribution in [3.8, 4) is 0 Å².